The Morgan fingerprint density at radius 1 is 1.67 bits per heavy atom. The molecule has 1 rings (SSSR count). The summed E-state index contributed by atoms with van der Waals surface area (Å²) in [6, 6.07) is 0. The van der Waals surface area contributed by atoms with Gasteiger partial charge in [0.05, 0.1) is 5.60 Å². The fraction of sp³-hybridized carbons (Fsp3) is 1.00. The quantitative estimate of drug-likeness (QED) is 0.572. The van der Waals surface area contributed by atoms with Crippen molar-refractivity contribution in [1.29, 1.82) is 0 Å². The third-order valence-electron chi connectivity index (χ3n) is 2.61. The number of hydrogen-bond donors (Lipinski definition) is 1. The van der Waals surface area contributed by atoms with E-state index in [9.17, 15) is 5.11 Å². The molecular formula is C8H16O. The second-order valence-corrected chi connectivity index (χ2v) is 3.35. The zero-order valence-electron chi connectivity index (χ0n) is 6.35. The van der Waals surface area contributed by atoms with E-state index in [1.807, 2.05) is 6.92 Å². The van der Waals surface area contributed by atoms with Crippen molar-refractivity contribution in [2.75, 3.05) is 0 Å². The van der Waals surface area contributed by atoms with Crippen LogP contribution in [0.3, 0.4) is 0 Å². The van der Waals surface area contributed by atoms with Gasteiger partial charge in [0, 0.05) is 0 Å². The van der Waals surface area contributed by atoms with Gasteiger partial charge in [-0.25, -0.2) is 0 Å². The third kappa shape index (κ3) is 1.26. The Balaban J connectivity index is 2.52. The minimum absolute atomic E-state index is 0.339. The van der Waals surface area contributed by atoms with E-state index in [-0.39, 0.29) is 5.60 Å². The van der Waals surface area contributed by atoms with Crippen LogP contribution >= 0.6 is 0 Å². The molecule has 9 heavy (non-hydrogen) atoms. The molecule has 0 heterocycles. The maximum atomic E-state index is 9.65. The SMILES string of the molecule is CC[C@H]1CCC[C@]1(C)O. The smallest absolute Gasteiger partial charge is 0.0647 e. The molecule has 2 atom stereocenters. The minimum Gasteiger partial charge on any atom is -0.390 e. The average molecular weight is 128 g/mol. The molecule has 1 aliphatic rings. The Bertz CT molecular complexity index is 96.7. The normalized spacial score (nSPS) is 43.7. The summed E-state index contributed by atoms with van der Waals surface area (Å²) in [4.78, 5) is 0. The average Bonchev–Trinajstić information content (AvgIpc) is 2.08. The lowest BCUT2D eigenvalue weighted by Gasteiger charge is -2.23. The van der Waals surface area contributed by atoms with Crippen molar-refractivity contribution in [2.45, 2.75) is 45.1 Å². The van der Waals surface area contributed by atoms with E-state index in [1.54, 1.807) is 0 Å². The molecule has 0 unspecified atom stereocenters. The molecule has 1 fully saturated rings. The van der Waals surface area contributed by atoms with Crippen LogP contribution in [0.5, 0.6) is 0 Å². The number of rotatable bonds is 1. The van der Waals surface area contributed by atoms with E-state index < -0.39 is 0 Å². The molecular weight excluding hydrogens is 112 g/mol. The lowest BCUT2D eigenvalue weighted by molar-refractivity contribution is 0.0199. The van der Waals surface area contributed by atoms with Gasteiger partial charge in [0.1, 0.15) is 0 Å². The van der Waals surface area contributed by atoms with Crippen molar-refractivity contribution >= 4 is 0 Å². The first-order valence-corrected chi connectivity index (χ1v) is 3.89. The van der Waals surface area contributed by atoms with E-state index in [4.69, 9.17) is 0 Å². The minimum atomic E-state index is -0.339. The van der Waals surface area contributed by atoms with Gasteiger partial charge in [0.25, 0.3) is 0 Å². The van der Waals surface area contributed by atoms with Gasteiger partial charge in [-0.3, -0.25) is 0 Å². The molecule has 0 bridgehead atoms. The van der Waals surface area contributed by atoms with Gasteiger partial charge in [0.15, 0.2) is 0 Å². The monoisotopic (exact) mass is 128 g/mol. The summed E-state index contributed by atoms with van der Waals surface area (Å²) >= 11 is 0. The van der Waals surface area contributed by atoms with Gasteiger partial charge < -0.3 is 5.11 Å². The van der Waals surface area contributed by atoms with Crippen molar-refractivity contribution in [3.05, 3.63) is 0 Å². The molecule has 0 saturated heterocycles. The standard InChI is InChI=1S/C8H16O/c1-3-7-5-4-6-8(7,2)9/h7,9H,3-6H2,1-2H3/t7-,8-/m0/s1. The van der Waals surface area contributed by atoms with Crippen LogP contribution in [0.4, 0.5) is 0 Å². The molecule has 0 aliphatic heterocycles. The van der Waals surface area contributed by atoms with Crippen molar-refractivity contribution in [3.63, 3.8) is 0 Å². The lowest BCUT2D eigenvalue weighted by atomic mass is 9.91. The van der Waals surface area contributed by atoms with Crippen molar-refractivity contribution in [2.24, 2.45) is 5.92 Å². The molecule has 0 radical (unpaired) electrons. The zero-order chi connectivity index (χ0) is 6.91. The first-order valence-electron chi connectivity index (χ1n) is 3.89. The van der Waals surface area contributed by atoms with Crippen LogP contribution in [0.25, 0.3) is 0 Å². The second kappa shape index (κ2) is 2.30. The summed E-state index contributed by atoms with van der Waals surface area (Å²) in [5.41, 5.74) is -0.339. The predicted molar refractivity (Wildman–Crippen MR) is 38.3 cm³/mol. The molecule has 1 aliphatic carbocycles. The number of hydrogen-bond acceptors (Lipinski definition) is 1. The highest BCUT2D eigenvalue weighted by Gasteiger charge is 2.34. The summed E-state index contributed by atoms with van der Waals surface area (Å²) in [7, 11) is 0. The van der Waals surface area contributed by atoms with Gasteiger partial charge in [-0.1, -0.05) is 19.8 Å². The van der Waals surface area contributed by atoms with E-state index in [2.05, 4.69) is 6.92 Å². The fourth-order valence-electron chi connectivity index (χ4n) is 1.87. The fourth-order valence-corrected chi connectivity index (χ4v) is 1.87. The highest BCUT2D eigenvalue weighted by Crippen LogP contribution is 2.36. The molecule has 0 spiro atoms. The van der Waals surface area contributed by atoms with Crippen LogP contribution in [0.2, 0.25) is 0 Å². The van der Waals surface area contributed by atoms with Gasteiger partial charge in [0.2, 0.25) is 0 Å². The summed E-state index contributed by atoms with van der Waals surface area (Å²) in [5, 5.41) is 9.65. The maximum Gasteiger partial charge on any atom is 0.0647 e. The predicted octanol–water partition coefficient (Wildman–Crippen LogP) is 1.95. The maximum absolute atomic E-state index is 9.65. The molecule has 0 aromatic carbocycles. The van der Waals surface area contributed by atoms with Crippen LogP contribution in [0, 0.1) is 5.92 Å². The van der Waals surface area contributed by atoms with Crippen molar-refractivity contribution in [3.8, 4) is 0 Å². The summed E-state index contributed by atoms with van der Waals surface area (Å²) in [6.07, 6.45) is 4.58. The third-order valence-corrected chi connectivity index (χ3v) is 2.61. The number of aliphatic hydroxyl groups is 1. The Labute approximate surface area is 57.1 Å². The molecule has 1 N–H and O–H groups in total. The first kappa shape index (κ1) is 7.07. The molecule has 54 valence electrons. The molecule has 0 amide bonds. The summed E-state index contributed by atoms with van der Waals surface area (Å²) in [6.45, 7) is 4.12. The van der Waals surface area contributed by atoms with Gasteiger partial charge in [-0.15, -0.1) is 0 Å². The topological polar surface area (TPSA) is 20.2 Å². The highest BCUT2D eigenvalue weighted by molar-refractivity contribution is 4.87. The van der Waals surface area contributed by atoms with Crippen LogP contribution in [0.1, 0.15) is 39.5 Å². The van der Waals surface area contributed by atoms with Crippen LogP contribution < -0.4 is 0 Å². The van der Waals surface area contributed by atoms with Gasteiger partial charge in [-0.2, -0.15) is 0 Å². The van der Waals surface area contributed by atoms with E-state index in [0.717, 1.165) is 12.8 Å². The van der Waals surface area contributed by atoms with E-state index >= 15 is 0 Å². The van der Waals surface area contributed by atoms with Crippen molar-refractivity contribution < 1.29 is 5.11 Å². The first-order chi connectivity index (χ1) is 4.17. The van der Waals surface area contributed by atoms with Crippen LogP contribution in [0.15, 0.2) is 0 Å². The van der Waals surface area contributed by atoms with Crippen LogP contribution in [-0.2, 0) is 0 Å². The van der Waals surface area contributed by atoms with Crippen LogP contribution in [-0.4, -0.2) is 10.7 Å². The second-order valence-electron chi connectivity index (χ2n) is 3.35. The largest absolute Gasteiger partial charge is 0.390 e. The Morgan fingerprint density at radius 3 is 2.56 bits per heavy atom. The molecule has 1 nitrogen and oxygen atoms in total. The van der Waals surface area contributed by atoms with Crippen molar-refractivity contribution in [1.82, 2.24) is 0 Å². The van der Waals surface area contributed by atoms with Gasteiger partial charge >= 0.3 is 0 Å². The zero-order valence-corrected chi connectivity index (χ0v) is 6.35. The Hall–Kier alpha value is -0.0400. The molecule has 0 aromatic rings. The summed E-state index contributed by atoms with van der Waals surface area (Å²) < 4.78 is 0. The Kier molecular flexibility index (Phi) is 1.80. The highest BCUT2D eigenvalue weighted by atomic mass is 16.3. The van der Waals surface area contributed by atoms with E-state index in [0.29, 0.717) is 5.92 Å². The van der Waals surface area contributed by atoms with E-state index in [1.165, 1.54) is 12.8 Å². The summed E-state index contributed by atoms with van der Waals surface area (Å²) in [5.74, 6) is 0.567. The molecule has 0 aromatic heterocycles. The molecule has 1 saturated carbocycles. The Morgan fingerprint density at radius 2 is 2.33 bits per heavy atom. The lowest BCUT2D eigenvalue weighted by Crippen LogP contribution is -2.27. The van der Waals surface area contributed by atoms with Gasteiger partial charge in [-0.05, 0) is 25.7 Å². The molecule has 1 heteroatoms.